The van der Waals surface area contributed by atoms with Crippen LogP contribution in [0.5, 0.6) is 0 Å². The number of hydrogen-bond donors (Lipinski definition) is 0. The Kier molecular flexibility index (Phi) is 3.92. The Bertz CT molecular complexity index is 320. The van der Waals surface area contributed by atoms with Gasteiger partial charge in [0.15, 0.2) is 0 Å². The number of hydrogen-bond acceptors (Lipinski definition) is 2. The van der Waals surface area contributed by atoms with E-state index < -0.39 is 10.8 Å². The second-order valence-corrected chi connectivity index (χ2v) is 5.39. The molecule has 1 fully saturated rings. The summed E-state index contributed by atoms with van der Waals surface area (Å²) in [6.07, 6.45) is 3.84. The molecule has 2 rings (SSSR count). The van der Waals surface area contributed by atoms with Crippen molar-refractivity contribution in [1.82, 2.24) is 4.90 Å². The fraction of sp³-hybridized carbons (Fsp3) is 0.500. The molecule has 3 heteroatoms. The quantitative estimate of drug-likeness (QED) is 0.783. The molecule has 0 spiro atoms. The predicted molar refractivity (Wildman–Crippen MR) is 63.1 cm³/mol. The van der Waals surface area contributed by atoms with E-state index in [0.29, 0.717) is 5.88 Å². The molecule has 0 radical (unpaired) electrons. The highest BCUT2D eigenvalue weighted by Gasteiger charge is 2.13. The standard InChI is InChI=1S/C12H17NOS/c14-15(12-7-3-1-4-8-12)11-13-9-5-2-6-10-13/h1,3-4,7-8H,2,5-6,9-11H2. The Balaban J connectivity index is 1.91. The Morgan fingerprint density at radius 2 is 1.73 bits per heavy atom. The van der Waals surface area contributed by atoms with Gasteiger partial charge in [0.1, 0.15) is 0 Å². The zero-order valence-corrected chi connectivity index (χ0v) is 9.71. The van der Waals surface area contributed by atoms with Crippen LogP contribution in [0.2, 0.25) is 0 Å². The molecule has 0 aliphatic carbocycles. The van der Waals surface area contributed by atoms with E-state index in [0.717, 1.165) is 18.0 Å². The minimum atomic E-state index is -0.855. The highest BCUT2D eigenvalue weighted by molar-refractivity contribution is 7.85. The molecule has 0 N–H and O–H groups in total. The van der Waals surface area contributed by atoms with Gasteiger partial charge in [-0.3, -0.25) is 9.11 Å². The van der Waals surface area contributed by atoms with Crippen LogP contribution in [0.1, 0.15) is 19.3 Å². The van der Waals surface area contributed by atoms with Crippen LogP contribution in [-0.2, 0) is 10.8 Å². The van der Waals surface area contributed by atoms with Crippen LogP contribution in [-0.4, -0.2) is 28.1 Å². The van der Waals surface area contributed by atoms with Crippen molar-refractivity contribution in [1.29, 1.82) is 0 Å². The highest BCUT2D eigenvalue weighted by Crippen LogP contribution is 2.12. The predicted octanol–water partition coefficient (Wildman–Crippen LogP) is 2.24. The smallest absolute Gasteiger partial charge is 0.0795 e. The average Bonchev–Trinajstić information content (AvgIpc) is 2.31. The zero-order chi connectivity index (χ0) is 10.5. The lowest BCUT2D eigenvalue weighted by Gasteiger charge is -2.25. The lowest BCUT2D eigenvalue weighted by Crippen LogP contribution is -2.32. The minimum Gasteiger partial charge on any atom is -0.292 e. The van der Waals surface area contributed by atoms with Gasteiger partial charge in [-0.15, -0.1) is 0 Å². The first-order valence-corrected chi connectivity index (χ1v) is 6.84. The monoisotopic (exact) mass is 223 g/mol. The molecule has 1 unspecified atom stereocenters. The molecule has 0 bridgehead atoms. The van der Waals surface area contributed by atoms with E-state index in [2.05, 4.69) is 4.90 Å². The number of likely N-dealkylation sites (tertiary alicyclic amines) is 1. The summed E-state index contributed by atoms with van der Waals surface area (Å²) in [6, 6.07) is 9.74. The third-order valence-corrected chi connectivity index (χ3v) is 4.15. The third-order valence-electron chi connectivity index (χ3n) is 2.75. The number of benzene rings is 1. The summed E-state index contributed by atoms with van der Waals surface area (Å²) >= 11 is 0. The summed E-state index contributed by atoms with van der Waals surface area (Å²) in [6.45, 7) is 2.22. The van der Waals surface area contributed by atoms with Crippen molar-refractivity contribution in [2.45, 2.75) is 24.2 Å². The van der Waals surface area contributed by atoms with Gasteiger partial charge in [-0.05, 0) is 38.1 Å². The van der Waals surface area contributed by atoms with Gasteiger partial charge in [0.05, 0.1) is 16.7 Å². The van der Waals surface area contributed by atoms with Crippen LogP contribution in [0.4, 0.5) is 0 Å². The van der Waals surface area contributed by atoms with Crippen molar-refractivity contribution >= 4 is 10.8 Å². The van der Waals surface area contributed by atoms with Crippen molar-refractivity contribution in [3.05, 3.63) is 30.3 Å². The zero-order valence-electron chi connectivity index (χ0n) is 8.89. The van der Waals surface area contributed by atoms with Crippen molar-refractivity contribution in [3.63, 3.8) is 0 Å². The third kappa shape index (κ3) is 3.14. The molecule has 1 atom stereocenters. The van der Waals surface area contributed by atoms with Gasteiger partial charge >= 0.3 is 0 Å². The lowest BCUT2D eigenvalue weighted by atomic mass is 10.1. The summed E-state index contributed by atoms with van der Waals surface area (Å²) in [4.78, 5) is 3.26. The summed E-state index contributed by atoms with van der Waals surface area (Å²) in [5.41, 5.74) is 0. The molecule has 82 valence electrons. The van der Waals surface area contributed by atoms with Crippen molar-refractivity contribution in [2.24, 2.45) is 0 Å². The average molecular weight is 223 g/mol. The van der Waals surface area contributed by atoms with E-state index in [1.807, 2.05) is 30.3 Å². The van der Waals surface area contributed by atoms with Crippen molar-refractivity contribution in [2.75, 3.05) is 19.0 Å². The maximum Gasteiger partial charge on any atom is 0.0795 e. The molecule has 2 nitrogen and oxygen atoms in total. The molecule has 0 aromatic heterocycles. The molecular formula is C12H17NOS. The van der Waals surface area contributed by atoms with Gasteiger partial charge in [0, 0.05) is 4.90 Å². The van der Waals surface area contributed by atoms with E-state index in [1.165, 1.54) is 19.3 Å². The SMILES string of the molecule is O=S(CN1CCCCC1)c1ccccc1. The van der Waals surface area contributed by atoms with Crippen LogP contribution in [0.3, 0.4) is 0 Å². The topological polar surface area (TPSA) is 20.3 Å². The van der Waals surface area contributed by atoms with Crippen LogP contribution >= 0.6 is 0 Å². The Hall–Kier alpha value is -0.670. The largest absolute Gasteiger partial charge is 0.292 e. The normalized spacial score (nSPS) is 20.0. The van der Waals surface area contributed by atoms with Gasteiger partial charge in [-0.25, -0.2) is 0 Å². The maximum atomic E-state index is 12.0. The minimum absolute atomic E-state index is 0.698. The van der Waals surface area contributed by atoms with Gasteiger partial charge in [0.2, 0.25) is 0 Å². The molecule has 1 aromatic rings. The Morgan fingerprint density at radius 3 is 2.40 bits per heavy atom. The van der Waals surface area contributed by atoms with E-state index in [-0.39, 0.29) is 0 Å². The van der Waals surface area contributed by atoms with E-state index in [4.69, 9.17) is 0 Å². The molecular weight excluding hydrogens is 206 g/mol. The molecule has 1 aliphatic rings. The van der Waals surface area contributed by atoms with E-state index in [1.54, 1.807) is 0 Å². The number of piperidine rings is 1. The van der Waals surface area contributed by atoms with Crippen molar-refractivity contribution < 1.29 is 4.21 Å². The lowest BCUT2D eigenvalue weighted by molar-refractivity contribution is 0.264. The van der Waals surface area contributed by atoms with Gasteiger partial charge in [-0.2, -0.15) is 0 Å². The highest BCUT2D eigenvalue weighted by atomic mass is 32.2. The molecule has 15 heavy (non-hydrogen) atoms. The maximum absolute atomic E-state index is 12.0. The summed E-state index contributed by atoms with van der Waals surface area (Å²) in [7, 11) is -0.855. The first-order valence-electron chi connectivity index (χ1n) is 5.52. The number of rotatable bonds is 3. The molecule has 0 amide bonds. The summed E-state index contributed by atoms with van der Waals surface area (Å²) in [5, 5.41) is 0. The first kappa shape index (κ1) is 10.8. The van der Waals surface area contributed by atoms with Gasteiger partial charge in [-0.1, -0.05) is 24.6 Å². The van der Waals surface area contributed by atoms with Crippen LogP contribution in [0.15, 0.2) is 35.2 Å². The van der Waals surface area contributed by atoms with E-state index in [9.17, 15) is 4.21 Å². The fourth-order valence-electron chi connectivity index (χ4n) is 1.90. The molecule has 1 saturated heterocycles. The van der Waals surface area contributed by atoms with Crippen LogP contribution in [0.25, 0.3) is 0 Å². The van der Waals surface area contributed by atoms with E-state index >= 15 is 0 Å². The number of nitrogens with zero attached hydrogens (tertiary/aromatic N) is 1. The molecule has 1 heterocycles. The molecule has 0 saturated carbocycles. The Labute approximate surface area is 93.7 Å². The summed E-state index contributed by atoms with van der Waals surface area (Å²) in [5.74, 6) is 0.698. The Morgan fingerprint density at radius 1 is 1.07 bits per heavy atom. The first-order chi connectivity index (χ1) is 7.36. The summed E-state index contributed by atoms with van der Waals surface area (Å²) < 4.78 is 12.0. The molecule has 1 aliphatic heterocycles. The van der Waals surface area contributed by atoms with Crippen molar-refractivity contribution in [3.8, 4) is 0 Å². The molecule has 1 aromatic carbocycles. The van der Waals surface area contributed by atoms with Crippen LogP contribution < -0.4 is 0 Å². The van der Waals surface area contributed by atoms with Gasteiger partial charge in [0.25, 0.3) is 0 Å². The fourth-order valence-corrected chi connectivity index (χ4v) is 3.10. The van der Waals surface area contributed by atoms with Crippen LogP contribution in [0, 0.1) is 0 Å². The second kappa shape index (κ2) is 5.42. The second-order valence-electron chi connectivity index (χ2n) is 3.97. The van der Waals surface area contributed by atoms with Gasteiger partial charge < -0.3 is 0 Å².